The van der Waals surface area contributed by atoms with E-state index in [1.54, 1.807) is 4.90 Å². The fraction of sp³-hybridized carbons (Fsp3) is 0.550. The number of fused-ring (bicyclic) bond motifs is 1. The number of nitrogens with zero attached hydrogens (tertiary/aromatic N) is 2. The minimum atomic E-state index is -0.566. The predicted octanol–water partition coefficient (Wildman–Crippen LogP) is 0.474. The van der Waals surface area contributed by atoms with Crippen LogP contribution in [-0.4, -0.2) is 53.2 Å². The highest BCUT2D eigenvalue weighted by molar-refractivity contribution is 6.05. The number of hydrogen-bond donors (Lipinski definition) is 2. The van der Waals surface area contributed by atoms with Crippen molar-refractivity contribution in [2.75, 3.05) is 19.6 Å². The highest BCUT2D eigenvalue weighted by Gasteiger charge is 2.40. The Kier molecular flexibility index (Phi) is 4.74. The molecule has 7 nitrogen and oxygen atoms in total. The minimum absolute atomic E-state index is 0.0993. The Bertz CT molecular complexity index is 793. The quantitative estimate of drug-likeness (QED) is 0.752. The van der Waals surface area contributed by atoms with E-state index in [-0.39, 0.29) is 24.1 Å². The summed E-state index contributed by atoms with van der Waals surface area (Å²) in [7, 11) is 0. The lowest BCUT2D eigenvalue weighted by Crippen LogP contribution is -2.52. The molecule has 4 rings (SSSR count). The normalized spacial score (nSPS) is 28.6. The first-order chi connectivity index (χ1) is 13.0. The molecule has 7 heteroatoms. The Morgan fingerprint density at radius 3 is 2.74 bits per heavy atom. The van der Waals surface area contributed by atoms with Gasteiger partial charge in [0, 0.05) is 38.2 Å². The molecule has 0 aromatic heterocycles. The van der Waals surface area contributed by atoms with Crippen molar-refractivity contribution < 1.29 is 14.4 Å². The maximum absolute atomic E-state index is 13.1. The van der Waals surface area contributed by atoms with Gasteiger partial charge in [-0.1, -0.05) is 25.1 Å². The molecule has 2 fully saturated rings. The molecule has 1 unspecified atom stereocenters. The first kappa shape index (κ1) is 18.1. The Hall–Kier alpha value is -2.25. The van der Waals surface area contributed by atoms with Crippen LogP contribution in [0.15, 0.2) is 18.2 Å². The Balaban J connectivity index is 1.53. The smallest absolute Gasteiger partial charge is 0.255 e. The van der Waals surface area contributed by atoms with E-state index in [1.807, 2.05) is 18.2 Å². The summed E-state index contributed by atoms with van der Waals surface area (Å²) in [5.74, 6) is 0.324. The van der Waals surface area contributed by atoms with Crippen molar-refractivity contribution in [2.24, 2.45) is 17.6 Å². The van der Waals surface area contributed by atoms with E-state index in [1.165, 1.54) is 0 Å². The number of benzene rings is 1. The van der Waals surface area contributed by atoms with E-state index >= 15 is 0 Å². The average molecular weight is 370 g/mol. The lowest BCUT2D eigenvalue weighted by Gasteiger charge is -2.29. The Morgan fingerprint density at radius 1 is 1.22 bits per heavy atom. The topological polar surface area (TPSA) is 95.7 Å². The maximum Gasteiger partial charge on any atom is 0.255 e. The predicted molar refractivity (Wildman–Crippen MR) is 99.5 cm³/mol. The molecule has 144 valence electrons. The standard InChI is InChI=1S/C20H26N4O3/c1-12-8-23(10-15(12)7-21)9-13-3-2-4-14-11-24(20(27)18(13)14)16-5-6-17(25)22-19(16)26/h2-4,12,15-16H,5-11,21H2,1H3,(H,22,25,26)/t12-,15-,16?/m1/s1. The van der Waals surface area contributed by atoms with Gasteiger partial charge in [0.05, 0.1) is 0 Å². The van der Waals surface area contributed by atoms with E-state index in [9.17, 15) is 14.4 Å². The molecule has 3 amide bonds. The highest BCUT2D eigenvalue weighted by Crippen LogP contribution is 2.31. The van der Waals surface area contributed by atoms with E-state index in [0.29, 0.717) is 31.3 Å². The maximum atomic E-state index is 13.1. The van der Waals surface area contributed by atoms with Crippen LogP contribution in [0.4, 0.5) is 0 Å². The van der Waals surface area contributed by atoms with Gasteiger partial charge in [0.15, 0.2) is 0 Å². The molecule has 0 aliphatic carbocycles. The summed E-state index contributed by atoms with van der Waals surface area (Å²) in [4.78, 5) is 40.7. The van der Waals surface area contributed by atoms with Crippen molar-refractivity contribution >= 4 is 17.7 Å². The van der Waals surface area contributed by atoms with Crippen molar-refractivity contribution in [1.29, 1.82) is 0 Å². The molecule has 0 spiro atoms. The molecule has 3 heterocycles. The summed E-state index contributed by atoms with van der Waals surface area (Å²) < 4.78 is 0. The first-order valence-corrected chi connectivity index (χ1v) is 9.65. The average Bonchev–Trinajstić information content (AvgIpc) is 3.15. The molecule has 1 aromatic rings. The van der Waals surface area contributed by atoms with E-state index in [4.69, 9.17) is 5.73 Å². The summed E-state index contributed by atoms with van der Waals surface area (Å²) in [6.07, 6.45) is 0.664. The van der Waals surface area contributed by atoms with Gasteiger partial charge >= 0.3 is 0 Å². The van der Waals surface area contributed by atoms with Gasteiger partial charge in [-0.05, 0) is 35.9 Å². The van der Waals surface area contributed by atoms with E-state index in [2.05, 4.69) is 17.1 Å². The Morgan fingerprint density at radius 2 is 2.04 bits per heavy atom. The molecule has 3 aliphatic rings. The number of rotatable bonds is 4. The third kappa shape index (κ3) is 3.26. The molecule has 0 bridgehead atoms. The first-order valence-electron chi connectivity index (χ1n) is 9.65. The molecule has 1 aromatic carbocycles. The molecule has 3 N–H and O–H groups in total. The van der Waals surface area contributed by atoms with Crippen molar-refractivity contribution in [3.05, 3.63) is 34.9 Å². The molecule has 2 saturated heterocycles. The lowest BCUT2D eigenvalue weighted by molar-refractivity contribution is -0.136. The molecule has 0 radical (unpaired) electrons. The third-order valence-corrected chi connectivity index (χ3v) is 6.18. The zero-order valence-electron chi connectivity index (χ0n) is 15.6. The van der Waals surface area contributed by atoms with Crippen molar-refractivity contribution in [3.63, 3.8) is 0 Å². The summed E-state index contributed by atoms with van der Waals surface area (Å²) in [5.41, 5.74) is 8.57. The van der Waals surface area contributed by atoms with Crippen LogP contribution in [0.2, 0.25) is 0 Å². The monoisotopic (exact) mass is 370 g/mol. The molecule has 0 saturated carbocycles. The van der Waals surface area contributed by atoms with Gasteiger partial charge in [0.1, 0.15) is 6.04 Å². The summed E-state index contributed by atoms with van der Waals surface area (Å²) in [6.45, 7) is 5.99. The van der Waals surface area contributed by atoms with Crippen molar-refractivity contribution in [2.45, 2.75) is 38.9 Å². The molecule has 27 heavy (non-hydrogen) atoms. The number of nitrogens with two attached hydrogens (primary N) is 1. The molecule has 3 atom stereocenters. The minimum Gasteiger partial charge on any atom is -0.330 e. The number of hydrogen-bond acceptors (Lipinski definition) is 5. The van der Waals surface area contributed by atoms with Gasteiger partial charge in [-0.2, -0.15) is 0 Å². The second-order valence-corrected chi connectivity index (χ2v) is 8.02. The second kappa shape index (κ2) is 7.05. The van der Waals surface area contributed by atoms with Gasteiger partial charge in [0.2, 0.25) is 11.8 Å². The third-order valence-electron chi connectivity index (χ3n) is 6.18. The number of piperidine rings is 1. The van der Waals surface area contributed by atoms with Gasteiger partial charge < -0.3 is 10.6 Å². The summed E-state index contributed by atoms with van der Waals surface area (Å²) in [5, 5.41) is 2.35. The second-order valence-electron chi connectivity index (χ2n) is 8.02. The van der Waals surface area contributed by atoms with Crippen molar-refractivity contribution in [1.82, 2.24) is 15.1 Å². The summed E-state index contributed by atoms with van der Waals surface area (Å²) in [6, 6.07) is 5.38. The van der Waals surface area contributed by atoms with Crippen LogP contribution in [-0.2, 0) is 22.7 Å². The van der Waals surface area contributed by atoms with Crippen LogP contribution in [0, 0.1) is 11.8 Å². The lowest BCUT2D eigenvalue weighted by atomic mass is 9.99. The largest absolute Gasteiger partial charge is 0.330 e. The number of imide groups is 1. The zero-order valence-corrected chi connectivity index (χ0v) is 15.6. The molecular formula is C20H26N4O3. The van der Waals surface area contributed by atoms with E-state index < -0.39 is 6.04 Å². The number of carbonyl (C=O) groups is 3. The Labute approximate surface area is 158 Å². The van der Waals surface area contributed by atoms with Crippen LogP contribution in [0.3, 0.4) is 0 Å². The highest BCUT2D eigenvalue weighted by atomic mass is 16.2. The SMILES string of the molecule is C[C@@H]1CN(Cc2cccc3c2C(=O)N(C2CCC(=O)NC2=O)C3)C[C@H]1CN. The van der Waals surface area contributed by atoms with Gasteiger partial charge in [-0.25, -0.2) is 0 Å². The number of nitrogens with one attached hydrogen (secondary N) is 1. The van der Waals surface area contributed by atoms with Crippen LogP contribution in [0.5, 0.6) is 0 Å². The fourth-order valence-corrected chi connectivity index (χ4v) is 4.64. The van der Waals surface area contributed by atoms with Gasteiger partial charge in [-0.15, -0.1) is 0 Å². The summed E-state index contributed by atoms with van der Waals surface area (Å²) >= 11 is 0. The number of likely N-dealkylation sites (tertiary alicyclic amines) is 1. The number of amides is 3. The van der Waals surface area contributed by atoms with Gasteiger partial charge in [-0.3, -0.25) is 24.6 Å². The van der Waals surface area contributed by atoms with Crippen LogP contribution >= 0.6 is 0 Å². The van der Waals surface area contributed by atoms with Crippen LogP contribution in [0.1, 0.15) is 41.3 Å². The van der Waals surface area contributed by atoms with Crippen LogP contribution in [0.25, 0.3) is 0 Å². The zero-order chi connectivity index (χ0) is 19.1. The molecular weight excluding hydrogens is 344 g/mol. The van der Waals surface area contributed by atoms with Crippen LogP contribution < -0.4 is 11.1 Å². The number of carbonyl (C=O) groups excluding carboxylic acids is 3. The van der Waals surface area contributed by atoms with E-state index in [0.717, 1.165) is 36.3 Å². The molecule has 3 aliphatic heterocycles. The van der Waals surface area contributed by atoms with Gasteiger partial charge in [0.25, 0.3) is 5.91 Å². The fourth-order valence-electron chi connectivity index (χ4n) is 4.64. The van der Waals surface area contributed by atoms with Crippen molar-refractivity contribution in [3.8, 4) is 0 Å².